The Kier molecular flexibility index (Phi) is 7.42. The zero-order valence-corrected chi connectivity index (χ0v) is 19.9. The third-order valence-corrected chi connectivity index (χ3v) is 6.15. The summed E-state index contributed by atoms with van der Waals surface area (Å²) in [5.74, 6) is -0.996. The molecule has 4 aromatic rings. The van der Waals surface area contributed by atoms with Crippen molar-refractivity contribution in [2.75, 3.05) is 11.6 Å². The van der Waals surface area contributed by atoms with Gasteiger partial charge in [0.05, 0.1) is 15.9 Å². The summed E-state index contributed by atoms with van der Waals surface area (Å²) in [4.78, 5) is 8.29. The zero-order chi connectivity index (χ0) is 25.5. The van der Waals surface area contributed by atoms with E-state index in [0.717, 1.165) is 11.8 Å². The first kappa shape index (κ1) is 24.6. The van der Waals surface area contributed by atoms with E-state index in [1.54, 1.807) is 30.5 Å². The summed E-state index contributed by atoms with van der Waals surface area (Å²) in [7, 11) is -2.70. The largest absolute Gasteiger partial charge is 0.488 e. The number of halogens is 2. The summed E-state index contributed by atoms with van der Waals surface area (Å²) in [6.07, 6.45) is 4.10. The topological polar surface area (TPSA) is 99.9 Å². The van der Waals surface area contributed by atoms with Crippen LogP contribution >= 0.6 is 0 Å². The van der Waals surface area contributed by atoms with Crippen molar-refractivity contribution in [3.8, 4) is 23.2 Å². The van der Waals surface area contributed by atoms with E-state index in [4.69, 9.17) is 10.00 Å². The number of anilines is 2. The molecule has 7 nitrogen and oxygen atoms in total. The van der Waals surface area contributed by atoms with Gasteiger partial charge in [0.2, 0.25) is 5.95 Å². The molecule has 0 saturated carbocycles. The maximum atomic E-state index is 14.8. The van der Waals surface area contributed by atoms with E-state index in [-0.39, 0.29) is 29.6 Å². The van der Waals surface area contributed by atoms with Crippen molar-refractivity contribution >= 4 is 26.7 Å². The molecule has 1 atom stereocenters. The minimum Gasteiger partial charge on any atom is -0.488 e. The highest BCUT2D eigenvalue weighted by Crippen LogP contribution is 2.32. The quantitative estimate of drug-likeness (QED) is 0.203. The molecular formula is C26H21F2N5O2S. The van der Waals surface area contributed by atoms with Gasteiger partial charge < -0.3 is 10.1 Å². The molecule has 0 aliphatic rings. The predicted molar refractivity (Wildman–Crippen MR) is 136 cm³/mol. The molecule has 1 unspecified atom stereocenters. The van der Waals surface area contributed by atoms with Crippen molar-refractivity contribution in [3.63, 3.8) is 0 Å². The fourth-order valence-electron chi connectivity index (χ4n) is 3.36. The van der Waals surface area contributed by atoms with Gasteiger partial charge in [-0.15, -0.1) is 0 Å². The number of rotatable bonds is 8. The van der Waals surface area contributed by atoms with Crippen molar-refractivity contribution in [3.05, 3.63) is 102 Å². The third-order valence-electron chi connectivity index (χ3n) is 4.93. The average Bonchev–Trinajstić information content (AvgIpc) is 2.85. The van der Waals surface area contributed by atoms with Crippen molar-refractivity contribution in [1.29, 1.82) is 5.26 Å². The normalized spacial score (nSPS) is 12.2. The second-order valence-electron chi connectivity index (χ2n) is 7.79. The highest BCUT2D eigenvalue weighted by Gasteiger charge is 2.16. The van der Waals surface area contributed by atoms with Gasteiger partial charge in [0, 0.05) is 28.9 Å². The molecule has 1 heterocycles. The van der Waals surface area contributed by atoms with Gasteiger partial charge in [-0.05, 0) is 35.4 Å². The summed E-state index contributed by atoms with van der Waals surface area (Å²) < 4.78 is 49.2. The van der Waals surface area contributed by atoms with Crippen LogP contribution in [0.5, 0.6) is 5.75 Å². The standard InChI is InChI=1S/C26H21F2N5O2S/c1-36(34,31-17-29)16-19-8-5-9-21(12-19)32-26-30-14-23(28)25(33-26)22-11-10-20(27)13-24(22)35-15-18-6-3-2-4-7-18/h2-14,16H,15H2,1H3,(H,31,34)(H,30,32,33). The lowest BCUT2D eigenvalue weighted by atomic mass is 10.1. The second kappa shape index (κ2) is 10.8. The van der Waals surface area contributed by atoms with E-state index in [1.807, 2.05) is 30.3 Å². The van der Waals surface area contributed by atoms with Crippen molar-refractivity contribution in [2.24, 2.45) is 0 Å². The monoisotopic (exact) mass is 505 g/mol. The Labute approximate surface area is 207 Å². The van der Waals surface area contributed by atoms with Crippen LogP contribution in [0.25, 0.3) is 11.3 Å². The van der Waals surface area contributed by atoms with Crippen LogP contribution in [0, 0.1) is 23.1 Å². The predicted octanol–water partition coefficient (Wildman–Crippen LogP) is 4.79. The summed E-state index contributed by atoms with van der Waals surface area (Å²) in [6.45, 7) is 0.166. The van der Waals surface area contributed by atoms with Gasteiger partial charge in [0.25, 0.3) is 0 Å². The molecule has 0 aliphatic heterocycles. The van der Waals surface area contributed by atoms with Gasteiger partial charge in [-0.3, -0.25) is 0 Å². The molecule has 1 aromatic heterocycles. The van der Waals surface area contributed by atoms with Crippen LogP contribution < -0.4 is 14.8 Å². The lowest BCUT2D eigenvalue weighted by Crippen LogP contribution is -2.18. The first-order chi connectivity index (χ1) is 17.3. The summed E-state index contributed by atoms with van der Waals surface area (Å²) in [5.41, 5.74) is 2.22. The number of hydrogen-bond donors (Lipinski definition) is 2. The Morgan fingerprint density at radius 1 is 1.08 bits per heavy atom. The molecule has 0 fully saturated rings. The summed E-state index contributed by atoms with van der Waals surface area (Å²) >= 11 is 0. The molecular weight excluding hydrogens is 484 g/mol. The van der Waals surface area contributed by atoms with E-state index in [1.165, 1.54) is 29.8 Å². The highest BCUT2D eigenvalue weighted by atomic mass is 32.2. The second-order valence-corrected chi connectivity index (χ2v) is 10.0. The van der Waals surface area contributed by atoms with E-state index in [0.29, 0.717) is 11.3 Å². The van der Waals surface area contributed by atoms with Crippen LogP contribution in [0.4, 0.5) is 20.4 Å². The van der Waals surface area contributed by atoms with Crippen LogP contribution in [-0.4, -0.2) is 25.8 Å². The van der Waals surface area contributed by atoms with Gasteiger partial charge in [-0.2, -0.15) is 5.26 Å². The maximum absolute atomic E-state index is 14.8. The molecule has 10 heteroatoms. The minimum absolute atomic E-state index is 0.0620. The average molecular weight is 506 g/mol. The van der Waals surface area contributed by atoms with Crippen molar-refractivity contribution < 1.29 is 17.7 Å². The van der Waals surface area contributed by atoms with E-state index in [2.05, 4.69) is 20.0 Å². The van der Waals surface area contributed by atoms with Gasteiger partial charge in [0.15, 0.2) is 12.0 Å². The van der Waals surface area contributed by atoms with Crippen LogP contribution in [0.1, 0.15) is 11.1 Å². The molecule has 0 radical (unpaired) electrons. The first-order valence-corrected chi connectivity index (χ1v) is 12.7. The highest BCUT2D eigenvalue weighted by molar-refractivity contribution is 7.99. The fraction of sp³-hybridized carbons (Fsp3) is 0.0769. The Bertz CT molecular complexity index is 1550. The maximum Gasteiger partial charge on any atom is 0.227 e. The van der Waals surface area contributed by atoms with Crippen LogP contribution in [0.3, 0.4) is 0 Å². The Hall–Kier alpha value is -4.49. The van der Waals surface area contributed by atoms with E-state index >= 15 is 0 Å². The summed E-state index contributed by atoms with van der Waals surface area (Å²) in [6, 6.07) is 20.0. The van der Waals surface area contributed by atoms with E-state index < -0.39 is 21.3 Å². The molecule has 0 amide bonds. The molecule has 4 rings (SSSR count). The Balaban J connectivity index is 1.63. The number of nitrogens with one attached hydrogen (secondary N) is 2. The smallest absolute Gasteiger partial charge is 0.227 e. The number of nitriles is 1. The number of aromatic nitrogens is 2. The van der Waals surface area contributed by atoms with Crippen LogP contribution in [-0.2, 0) is 16.3 Å². The molecule has 36 heavy (non-hydrogen) atoms. The number of ether oxygens (including phenoxy) is 1. The number of benzene rings is 3. The SMILES string of the molecule is CS(=O)(=Cc1cccc(Nc2ncc(F)c(-c3ccc(F)cc3OCc3ccccc3)n2)c1)NC#N. The summed E-state index contributed by atoms with van der Waals surface area (Å²) in [5, 5.41) is 13.2. The zero-order valence-electron chi connectivity index (χ0n) is 19.1. The molecule has 182 valence electrons. The van der Waals surface area contributed by atoms with Gasteiger partial charge in [0.1, 0.15) is 23.9 Å². The lowest BCUT2D eigenvalue weighted by molar-refractivity contribution is 0.305. The van der Waals surface area contributed by atoms with E-state index in [9.17, 15) is 13.0 Å². The number of nitrogens with zero attached hydrogens (tertiary/aromatic N) is 3. The van der Waals surface area contributed by atoms with Crippen molar-refractivity contribution in [1.82, 2.24) is 14.7 Å². The van der Waals surface area contributed by atoms with Gasteiger partial charge in [-0.25, -0.2) is 27.7 Å². The molecule has 0 spiro atoms. The van der Waals surface area contributed by atoms with Crippen LogP contribution in [0.2, 0.25) is 0 Å². The molecule has 3 aromatic carbocycles. The van der Waals surface area contributed by atoms with Crippen LogP contribution in [0.15, 0.2) is 79.0 Å². The number of hydrogen-bond acceptors (Lipinski definition) is 6. The molecule has 0 bridgehead atoms. The van der Waals surface area contributed by atoms with Gasteiger partial charge >= 0.3 is 0 Å². The molecule has 0 aliphatic carbocycles. The Morgan fingerprint density at radius 2 is 1.89 bits per heavy atom. The molecule has 2 N–H and O–H groups in total. The first-order valence-electron chi connectivity index (χ1n) is 10.7. The Morgan fingerprint density at radius 3 is 2.67 bits per heavy atom. The van der Waals surface area contributed by atoms with Gasteiger partial charge in [-0.1, -0.05) is 42.5 Å². The minimum atomic E-state index is -2.70. The third kappa shape index (κ3) is 6.34. The lowest BCUT2D eigenvalue weighted by Gasteiger charge is -2.13. The fourth-order valence-corrected chi connectivity index (χ4v) is 4.27. The molecule has 0 saturated heterocycles. The van der Waals surface area contributed by atoms with Crippen molar-refractivity contribution in [2.45, 2.75) is 6.61 Å².